The summed E-state index contributed by atoms with van der Waals surface area (Å²) >= 11 is 6.05. The van der Waals surface area contributed by atoms with Crippen LogP contribution in [0.3, 0.4) is 0 Å². The van der Waals surface area contributed by atoms with Crippen LogP contribution in [0.2, 0.25) is 5.02 Å². The summed E-state index contributed by atoms with van der Waals surface area (Å²) in [5, 5.41) is 7.22. The number of amides is 2. The molecule has 2 aromatic heterocycles. The van der Waals surface area contributed by atoms with Crippen molar-refractivity contribution in [2.45, 2.75) is 57.2 Å². The lowest BCUT2D eigenvalue weighted by Crippen LogP contribution is -2.64. The molecule has 0 radical (unpaired) electrons. The maximum Gasteiger partial charge on any atom is 0.408 e. The smallest absolute Gasteiger partial charge is 0.408 e. The van der Waals surface area contributed by atoms with Crippen LogP contribution in [0.5, 0.6) is 0 Å². The lowest BCUT2D eigenvalue weighted by atomic mass is 9.85. The molecule has 4 rings (SSSR count). The van der Waals surface area contributed by atoms with E-state index >= 15 is 0 Å². The Morgan fingerprint density at radius 1 is 1.13 bits per heavy atom. The number of carbonyl (C=O) groups is 3. The zero-order chi connectivity index (χ0) is 28.2. The molecule has 3 heterocycles. The molecule has 1 atom stereocenters. The Bertz CT molecular complexity index is 1330. The number of nitrogens with zero attached hydrogens (tertiary/aromatic N) is 3. The second kappa shape index (κ2) is 11.5. The van der Waals surface area contributed by atoms with Crippen molar-refractivity contribution in [3.05, 3.63) is 53.4 Å². The van der Waals surface area contributed by atoms with Crippen molar-refractivity contribution in [2.24, 2.45) is 0 Å². The second-order valence-electron chi connectivity index (χ2n) is 10.5. The van der Waals surface area contributed by atoms with E-state index in [1.807, 2.05) is 6.07 Å². The number of aromatic amines is 1. The Kier molecular flexibility index (Phi) is 8.29. The quantitative estimate of drug-likeness (QED) is 0.372. The zero-order valence-electron chi connectivity index (χ0n) is 22.4. The summed E-state index contributed by atoms with van der Waals surface area (Å²) in [5.41, 5.74) is -0.641. The highest BCUT2D eigenvalue weighted by atomic mass is 35.5. The van der Waals surface area contributed by atoms with Crippen molar-refractivity contribution in [1.29, 1.82) is 0 Å². The van der Waals surface area contributed by atoms with Gasteiger partial charge in [-0.05, 0) is 57.4 Å². The molecular formula is C27H33ClN6O5. The number of ether oxygens (including phenoxy) is 2. The first kappa shape index (κ1) is 28.2. The molecule has 0 spiro atoms. The third kappa shape index (κ3) is 6.78. The number of aromatic nitrogens is 3. The van der Waals surface area contributed by atoms with Gasteiger partial charge in [0.05, 0.1) is 25.0 Å². The van der Waals surface area contributed by atoms with Crippen LogP contribution in [0.15, 0.2) is 42.9 Å². The molecule has 0 bridgehead atoms. The topological polar surface area (TPSA) is 139 Å². The summed E-state index contributed by atoms with van der Waals surface area (Å²) in [4.78, 5) is 52.9. The van der Waals surface area contributed by atoms with Crippen molar-refractivity contribution in [2.75, 3.05) is 25.1 Å². The van der Waals surface area contributed by atoms with Crippen molar-refractivity contribution in [1.82, 2.24) is 25.6 Å². The van der Waals surface area contributed by atoms with Gasteiger partial charge in [0.2, 0.25) is 5.91 Å². The Labute approximate surface area is 231 Å². The molecule has 1 fully saturated rings. The molecule has 11 nitrogen and oxygen atoms in total. The molecule has 208 valence electrons. The number of H-pyrrole nitrogens is 1. The Balaban J connectivity index is 1.59. The molecule has 2 amide bonds. The van der Waals surface area contributed by atoms with Crippen molar-refractivity contribution < 1.29 is 23.9 Å². The number of hydrogen-bond donors (Lipinski definition) is 3. The number of piperidine rings is 1. The van der Waals surface area contributed by atoms with Crippen LogP contribution in [-0.2, 0) is 19.1 Å². The molecule has 1 saturated heterocycles. The summed E-state index contributed by atoms with van der Waals surface area (Å²) in [7, 11) is 1.29. The highest BCUT2D eigenvalue weighted by Gasteiger charge is 2.45. The van der Waals surface area contributed by atoms with Gasteiger partial charge in [-0.1, -0.05) is 23.7 Å². The maximum absolute atomic E-state index is 13.9. The van der Waals surface area contributed by atoms with Crippen LogP contribution in [0, 0.1) is 0 Å². The maximum atomic E-state index is 13.9. The number of hydrogen-bond acceptors (Lipinski definition) is 8. The van der Waals surface area contributed by atoms with Gasteiger partial charge in [0.15, 0.2) is 0 Å². The van der Waals surface area contributed by atoms with E-state index in [0.717, 1.165) is 16.9 Å². The molecule has 1 aliphatic heterocycles. The van der Waals surface area contributed by atoms with E-state index in [1.165, 1.54) is 13.4 Å². The van der Waals surface area contributed by atoms with Crippen LogP contribution in [0.4, 0.5) is 10.6 Å². The third-order valence-corrected chi connectivity index (χ3v) is 6.85. The minimum Gasteiger partial charge on any atom is -0.469 e. The molecule has 12 heteroatoms. The largest absolute Gasteiger partial charge is 0.469 e. The van der Waals surface area contributed by atoms with Crippen molar-refractivity contribution in [3.8, 4) is 0 Å². The summed E-state index contributed by atoms with van der Waals surface area (Å²) in [6, 6.07) is 8.06. The molecular weight excluding hydrogens is 524 g/mol. The van der Waals surface area contributed by atoms with E-state index in [4.69, 9.17) is 21.1 Å². The average molecular weight is 557 g/mol. The monoisotopic (exact) mass is 556 g/mol. The fourth-order valence-corrected chi connectivity index (χ4v) is 4.74. The summed E-state index contributed by atoms with van der Waals surface area (Å²) in [6.45, 7) is 6.14. The predicted molar refractivity (Wildman–Crippen MR) is 146 cm³/mol. The molecule has 3 N–H and O–H groups in total. The standard InChI is InChI=1S/C27H33ClN6O5/c1-26(2,3)39-25(37)33-27(10-13-34(14-11-27)23-19-9-12-29-22(19)30-16-31-23)24(36)32-20(15-21(35)38-4)17-5-7-18(28)8-6-17/h5-9,12,16,20H,10-11,13-15H2,1-4H3,(H,32,36)(H,33,37)(H,29,30,31)/t20-/m1/s1. The van der Waals surface area contributed by atoms with Crippen LogP contribution >= 0.6 is 11.6 Å². The third-order valence-electron chi connectivity index (χ3n) is 6.60. The van der Waals surface area contributed by atoms with Gasteiger partial charge in [0.1, 0.15) is 28.9 Å². The minimum absolute atomic E-state index is 0.0923. The van der Waals surface area contributed by atoms with Gasteiger partial charge in [0.25, 0.3) is 0 Å². The van der Waals surface area contributed by atoms with Gasteiger partial charge in [-0.15, -0.1) is 0 Å². The molecule has 1 aromatic carbocycles. The SMILES string of the molecule is COC(=O)C[C@@H](NC(=O)C1(NC(=O)OC(C)(C)C)CCN(c2ncnc3[nH]ccc23)CC1)c1ccc(Cl)cc1. The molecule has 0 saturated carbocycles. The van der Waals surface area contributed by atoms with E-state index < -0.39 is 35.2 Å². The number of rotatable bonds is 7. The number of nitrogens with one attached hydrogen (secondary N) is 3. The lowest BCUT2D eigenvalue weighted by Gasteiger charge is -2.42. The number of alkyl carbamates (subject to hydrolysis) is 1. The summed E-state index contributed by atoms with van der Waals surface area (Å²) in [5.74, 6) is -0.165. The molecule has 0 unspecified atom stereocenters. The highest BCUT2D eigenvalue weighted by molar-refractivity contribution is 6.30. The number of benzene rings is 1. The van der Waals surface area contributed by atoms with E-state index in [-0.39, 0.29) is 19.3 Å². The van der Waals surface area contributed by atoms with Crippen LogP contribution < -0.4 is 15.5 Å². The van der Waals surface area contributed by atoms with E-state index in [0.29, 0.717) is 23.7 Å². The van der Waals surface area contributed by atoms with E-state index in [1.54, 1.807) is 51.2 Å². The van der Waals surface area contributed by atoms with Crippen molar-refractivity contribution >= 4 is 46.4 Å². The minimum atomic E-state index is -1.29. The first-order valence-electron chi connectivity index (χ1n) is 12.7. The van der Waals surface area contributed by atoms with Gasteiger partial charge in [0, 0.05) is 24.3 Å². The number of esters is 1. The number of halogens is 1. The predicted octanol–water partition coefficient (Wildman–Crippen LogP) is 3.90. The number of fused-ring (bicyclic) bond motifs is 1. The molecule has 3 aromatic rings. The summed E-state index contributed by atoms with van der Waals surface area (Å²) < 4.78 is 10.4. The van der Waals surface area contributed by atoms with Crippen LogP contribution in [0.25, 0.3) is 11.0 Å². The molecule has 0 aliphatic carbocycles. The normalized spacial score (nSPS) is 15.9. The van der Waals surface area contributed by atoms with Crippen LogP contribution in [0.1, 0.15) is 51.6 Å². The molecule has 1 aliphatic rings. The lowest BCUT2D eigenvalue weighted by molar-refractivity contribution is -0.141. The van der Waals surface area contributed by atoms with Gasteiger partial charge in [-0.2, -0.15) is 0 Å². The molecule has 39 heavy (non-hydrogen) atoms. The fourth-order valence-electron chi connectivity index (χ4n) is 4.61. The highest BCUT2D eigenvalue weighted by Crippen LogP contribution is 2.31. The fraction of sp³-hybridized carbons (Fsp3) is 0.444. The Morgan fingerprint density at radius 3 is 2.46 bits per heavy atom. The number of methoxy groups -OCH3 is 1. The van der Waals surface area contributed by atoms with Gasteiger partial charge >= 0.3 is 12.1 Å². The van der Waals surface area contributed by atoms with Crippen LogP contribution in [-0.4, -0.2) is 64.3 Å². The Morgan fingerprint density at radius 2 is 1.82 bits per heavy atom. The van der Waals surface area contributed by atoms with Gasteiger partial charge in [-0.3, -0.25) is 9.59 Å². The Hall–Kier alpha value is -3.86. The van der Waals surface area contributed by atoms with Gasteiger partial charge < -0.3 is 30.0 Å². The second-order valence-corrected chi connectivity index (χ2v) is 10.9. The summed E-state index contributed by atoms with van der Waals surface area (Å²) in [6.07, 6.45) is 3.05. The number of anilines is 1. The average Bonchev–Trinajstić information content (AvgIpc) is 3.37. The van der Waals surface area contributed by atoms with Gasteiger partial charge in [-0.25, -0.2) is 14.8 Å². The zero-order valence-corrected chi connectivity index (χ0v) is 23.2. The van der Waals surface area contributed by atoms with E-state index in [9.17, 15) is 14.4 Å². The van der Waals surface area contributed by atoms with Crippen molar-refractivity contribution in [3.63, 3.8) is 0 Å². The first-order chi connectivity index (χ1) is 18.5. The van der Waals surface area contributed by atoms with E-state index in [2.05, 4.69) is 30.5 Å². The number of carbonyl (C=O) groups excluding carboxylic acids is 3. The first-order valence-corrected chi connectivity index (χ1v) is 13.0.